The molecule has 86 valence electrons. The Balaban J connectivity index is 3.64. The second kappa shape index (κ2) is 5.05. The molecule has 0 spiro atoms. The molecule has 0 radical (unpaired) electrons. The summed E-state index contributed by atoms with van der Waals surface area (Å²) in [4.78, 5) is -0.0219. The fourth-order valence-electron chi connectivity index (χ4n) is 1.51. The van der Waals surface area contributed by atoms with Crippen LogP contribution in [0.25, 0.3) is 0 Å². The van der Waals surface area contributed by atoms with E-state index in [4.69, 9.17) is 27.5 Å². The first-order valence-corrected chi connectivity index (χ1v) is 7.35. The summed E-state index contributed by atoms with van der Waals surface area (Å²) in [5.74, 6) is 0.151. The second-order valence-corrected chi connectivity index (χ2v) is 5.95. The summed E-state index contributed by atoms with van der Waals surface area (Å²) in [6, 6.07) is 4.74. The number of benzene rings is 1. The van der Waals surface area contributed by atoms with Gasteiger partial charge in [-0.1, -0.05) is 6.92 Å². The zero-order valence-corrected chi connectivity index (χ0v) is 10.8. The maximum atomic E-state index is 11.4. The number of hydrogen-bond acceptors (Lipinski definition) is 3. The van der Waals surface area contributed by atoms with Crippen LogP contribution in [-0.2, 0) is 21.4 Å². The van der Waals surface area contributed by atoms with E-state index >= 15 is 0 Å². The maximum absolute atomic E-state index is 11.4. The van der Waals surface area contributed by atoms with Crippen LogP contribution in [-0.4, -0.2) is 8.42 Å². The molecule has 0 saturated carbocycles. The van der Waals surface area contributed by atoms with Crippen LogP contribution in [0.1, 0.15) is 23.6 Å². The summed E-state index contributed by atoms with van der Waals surface area (Å²) in [7, 11) is 1.47. The molecule has 1 aromatic rings. The zero-order valence-electron chi connectivity index (χ0n) is 8.50. The molecular weight excluding hydrogens is 269 g/mol. The third kappa shape index (κ3) is 2.67. The van der Waals surface area contributed by atoms with Crippen molar-refractivity contribution in [2.75, 3.05) is 0 Å². The summed E-state index contributed by atoms with van der Waals surface area (Å²) in [5.41, 5.74) is 1.44. The van der Waals surface area contributed by atoms with Gasteiger partial charge >= 0.3 is 0 Å². The molecule has 0 amide bonds. The lowest BCUT2D eigenvalue weighted by Crippen LogP contribution is -2.02. The molecule has 6 heteroatoms. The monoisotopic (exact) mass is 277 g/mol. The molecule has 3 nitrogen and oxygen atoms in total. The van der Waals surface area contributed by atoms with Gasteiger partial charge in [-0.2, -0.15) is 5.26 Å². The number of hydrogen-bond donors (Lipinski definition) is 0. The molecular formula is C10H9Cl2NO2S. The van der Waals surface area contributed by atoms with Crippen molar-refractivity contribution in [2.24, 2.45) is 0 Å². The molecule has 0 aliphatic heterocycles. The van der Waals surface area contributed by atoms with Crippen molar-refractivity contribution in [3.63, 3.8) is 0 Å². The Morgan fingerprint density at radius 3 is 2.44 bits per heavy atom. The van der Waals surface area contributed by atoms with E-state index in [0.29, 0.717) is 17.5 Å². The average Bonchev–Trinajstić information content (AvgIpc) is 2.25. The van der Waals surface area contributed by atoms with E-state index < -0.39 is 9.05 Å². The molecule has 0 fully saturated rings. The predicted molar refractivity (Wildman–Crippen MR) is 63.1 cm³/mol. The summed E-state index contributed by atoms with van der Waals surface area (Å²) in [6.45, 7) is 1.81. The molecule has 1 rings (SSSR count). The van der Waals surface area contributed by atoms with Gasteiger partial charge in [0.15, 0.2) is 0 Å². The van der Waals surface area contributed by atoms with Crippen LogP contribution in [0.3, 0.4) is 0 Å². The van der Waals surface area contributed by atoms with Gasteiger partial charge in [-0.25, -0.2) is 8.42 Å². The van der Waals surface area contributed by atoms with Crippen LogP contribution in [0, 0.1) is 11.3 Å². The van der Waals surface area contributed by atoms with Gasteiger partial charge in [-0.15, -0.1) is 11.6 Å². The first kappa shape index (κ1) is 13.3. The van der Waals surface area contributed by atoms with E-state index in [1.54, 1.807) is 6.07 Å². The first-order chi connectivity index (χ1) is 7.43. The fraction of sp³-hybridized carbons (Fsp3) is 0.300. The Hall–Kier alpha value is -0.760. The number of nitriles is 1. The van der Waals surface area contributed by atoms with Gasteiger partial charge in [0.2, 0.25) is 0 Å². The van der Waals surface area contributed by atoms with Gasteiger partial charge in [-0.3, -0.25) is 0 Å². The lowest BCUT2D eigenvalue weighted by atomic mass is 10.0. The highest BCUT2D eigenvalue weighted by molar-refractivity contribution is 8.13. The van der Waals surface area contributed by atoms with Gasteiger partial charge in [0.25, 0.3) is 9.05 Å². The smallest absolute Gasteiger partial charge is 0.207 e. The van der Waals surface area contributed by atoms with Crippen LogP contribution >= 0.6 is 22.3 Å². The van der Waals surface area contributed by atoms with Gasteiger partial charge in [0, 0.05) is 16.6 Å². The molecule has 0 bridgehead atoms. The van der Waals surface area contributed by atoms with Crippen molar-refractivity contribution in [1.82, 2.24) is 0 Å². The van der Waals surface area contributed by atoms with Crippen molar-refractivity contribution < 1.29 is 8.42 Å². The lowest BCUT2D eigenvalue weighted by molar-refractivity contribution is 0.608. The van der Waals surface area contributed by atoms with Crippen molar-refractivity contribution in [1.29, 1.82) is 5.26 Å². The molecule has 0 aliphatic rings. The minimum Gasteiger partial charge on any atom is -0.207 e. The molecule has 0 aliphatic carbocycles. The number of halogens is 2. The van der Waals surface area contributed by atoms with E-state index in [-0.39, 0.29) is 16.3 Å². The van der Waals surface area contributed by atoms with Crippen LogP contribution in [0.2, 0.25) is 0 Å². The summed E-state index contributed by atoms with van der Waals surface area (Å²) in [6.07, 6.45) is 0.495. The van der Waals surface area contributed by atoms with E-state index in [2.05, 4.69) is 0 Å². The molecule has 1 aromatic carbocycles. The SMILES string of the molecule is CCc1c(CCl)cc(C#N)cc1S(=O)(=O)Cl. The Bertz CT molecular complexity index is 547. The first-order valence-electron chi connectivity index (χ1n) is 4.50. The molecule has 0 N–H and O–H groups in total. The minimum atomic E-state index is -3.85. The number of nitrogens with zero attached hydrogens (tertiary/aromatic N) is 1. The predicted octanol–water partition coefficient (Wildman–Crippen LogP) is 2.79. The van der Waals surface area contributed by atoms with E-state index in [9.17, 15) is 8.42 Å². The molecule has 16 heavy (non-hydrogen) atoms. The highest BCUT2D eigenvalue weighted by Gasteiger charge is 2.18. The highest BCUT2D eigenvalue weighted by Crippen LogP contribution is 2.26. The molecule has 0 aromatic heterocycles. The van der Waals surface area contributed by atoms with Crippen LogP contribution in [0.15, 0.2) is 17.0 Å². The molecule has 0 unspecified atom stereocenters. The normalized spacial score (nSPS) is 11.1. The van der Waals surface area contributed by atoms with Crippen molar-refractivity contribution >= 4 is 31.3 Å². The molecule has 0 atom stereocenters. The minimum absolute atomic E-state index is 0.0219. The average molecular weight is 278 g/mol. The Labute approximate surface area is 104 Å². The van der Waals surface area contributed by atoms with Gasteiger partial charge in [-0.05, 0) is 29.7 Å². The van der Waals surface area contributed by atoms with Gasteiger partial charge in [0.1, 0.15) is 0 Å². The Morgan fingerprint density at radius 2 is 2.06 bits per heavy atom. The summed E-state index contributed by atoms with van der Waals surface area (Å²) >= 11 is 5.71. The lowest BCUT2D eigenvalue weighted by Gasteiger charge is -2.10. The topological polar surface area (TPSA) is 57.9 Å². The highest BCUT2D eigenvalue weighted by atomic mass is 35.7. The van der Waals surface area contributed by atoms with Crippen LogP contribution in [0.4, 0.5) is 0 Å². The molecule has 0 heterocycles. The Kier molecular flexibility index (Phi) is 4.20. The van der Waals surface area contributed by atoms with Crippen LogP contribution < -0.4 is 0 Å². The zero-order chi connectivity index (χ0) is 12.3. The van der Waals surface area contributed by atoms with E-state index in [1.807, 2.05) is 13.0 Å². The van der Waals surface area contributed by atoms with Gasteiger partial charge in [0.05, 0.1) is 16.5 Å². The van der Waals surface area contributed by atoms with Crippen molar-refractivity contribution in [2.45, 2.75) is 24.1 Å². The summed E-state index contributed by atoms with van der Waals surface area (Å²) in [5, 5.41) is 8.78. The van der Waals surface area contributed by atoms with E-state index in [1.165, 1.54) is 6.07 Å². The third-order valence-electron chi connectivity index (χ3n) is 2.19. The Morgan fingerprint density at radius 1 is 1.44 bits per heavy atom. The maximum Gasteiger partial charge on any atom is 0.261 e. The number of alkyl halides is 1. The fourth-order valence-corrected chi connectivity index (χ4v) is 2.99. The van der Waals surface area contributed by atoms with E-state index in [0.717, 1.165) is 0 Å². The largest absolute Gasteiger partial charge is 0.261 e. The van der Waals surface area contributed by atoms with Gasteiger partial charge < -0.3 is 0 Å². The third-order valence-corrected chi connectivity index (χ3v) is 3.87. The quantitative estimate of drug-likeness (QED) is 0.631. The molecule has 0 saturated heterocycles. The number of rotatable bonds is 3. The van der Waals surface area contributed by atoms with Crippen molar-refractivity contribution in [3.05, 3.63) is 28.8 Å². The standard InChI is InChI=1S/C10H9Cl2NO2S/c1-2-9-8(5-11)3-7(6-13)4-10(9)16(12,14)15/h3-4H,2,5H2,1H3. The van der Waals surface area contributed by atoms with Crippen molar-refractivity contribution in [3.8, 4) is 6.07 Å². The summed E-state index contributed by atoms with van der Waals surface area (Å²) < 4.78 is 22.7. The van der Waals surface area contributed by atoms with Crippen LogP contribution in [0.5, 0.6) is 0 Å². The second-order valence-electron chi connectivity index (χ2n) is 3.15.